The quantitative estimate of drug-likeness (QED) is 0.304. The average Bonchev–Trinajstić information content (AvgIpc) is 2.47. The summed E-state index contributed by atoms with van der Waals surface area (Å²) in [5.41, 5.74) is -0.717. The predicted molar refractivity (Wildman–Crippen MR) is 87.2 cm³/mol. The van der Waals surface area contributed by atoms with Crippen molar-refractivity contribution >= 4 is 6.16 Å². The molecule has 0 aromatic heterocycles. The molecule has 0 saturated heterocycles. The van der Waals surface area contributed by atoms with Gasteiger partial charge in [0.05, 0.1) is 7.11 Å². The van der Waals surface area contributed by atoms with E-state index in [1.807, 2.05) is 6.92 Å². The van der Waals surface area contributed by atoms with Gasteiger partial charge in [-0.1, -0.05) is 64.2 Å². The number of unbranched alkanes of at least 4 members (excludes halogenated alkanes) is 7. The molecular weight excluding hydrogens is 264 g/mol. The standard InChI is InChI=1S/C18H32O3/c1-5-7-9-11-12-14-16-18(3,21-17(19)20-4)15-13-10-8-6-2/h5-13,15H2,1-4H3. The van der Waals surface area contributed by atoms with E-state index in [0.29, 0.717) is 0 Å². The Morgan fingerprint density at radius 2 is 1.62 bits per heavy atom. The molecule has 0 aromatic rings. The van der Waals surface area contributed by atoms with Gasteiger partial charge in [-0.25, -0.2) is 4.79 Å². The van der Waals surface area contributed by atoms with Gasteiger partial charge < -0.3 is 9.47 Å². The van der Waals surface area contributed by atoms with Crippen LogP contribution in [0.4, 0.5) is 4.79 Å². The smallest absolute Gasteiger partial charge is 0.438 e. The fourth-order valence-corrected chi connectivity index (χ4v) is 2.14. The summed E-state index contributed by atoms with van der Waals surface area (Å²) in [6, 6.07) is 0. The van der Waals surface area contributed by atoms with Gasteiger partial charge in [-0.15, -0.1) is 0 Å². The number of hydrogen-bond donors (Lipinski definition) is 0. The van der Waals surface area contributed by atoms with E-state index in [-0.39, 0.29) is 0 Å². The summed E-state index contributed by atoms with van der Waals surface area (Å²) in [4.78, 5) is 11.4. The number of carbonyl (C=O) groups is 1. The van der Waals surface area contributed by atoms with Gasteiger partial charge in [0.15, 0.2) is 5.60 Å². The van der Waals surface area contributed by atoms with Gasteiger partial charge >= 0.3 is 6.16 Å². The van der Waals surface area contributed by atoms with Crippen LogP contribution < -0.4 is 0 Å². The van der Waals surface area contributed by atoms with Gasteiger partial charge in [0, 0.05) is 6.42 Å². The van der Waals surface area contributed by atoms with E-state index >= 15 is 0 Å². The minimum Gasteiger partial charge on any atom is -0.438 e. The maximum absolute atomic E-state index is 11.4. The van der Waals surface area contributed by atoms with Crippen LogP contribution in [0.25, 0.3) is 0 Å². The zero-order chi connectivity index (χ0) is 16.0. The van der Waals surface area contributed by atoms with Crippen LogP contribution in [-0.4, -0.2) is 18.9 Å². The van der Waals surface area contributed by atoms with Crippen molar-refractivity contribution in [2.75, 3.05) is 7.11 Å². The molecule has 1 unspecified atom stereocenters. The lowest BCUT2D eigenvalue weighted by atomic mass is 9.98. The molecule has 0 fully saturated rings. The monoisotopic (exact) mass is 296 g/mol. The summed E-state index contributed by atoms with van der Waals surface area (Å²) in [5.74, 6) is 6.31. The lowest BCUT2D eigenvalue weighted by Gasteiger charge is -2.23. The second-order valence-corrected chi connectivity index (χ2v) is 5.71. The topological polar surface area (TPSA) is 35.5 Å². The van der Waals surface area contributed by atoms with E-state index in [1.54, 1.807) is 0 Å². The number of hydrogen-bond acceptors (Lipinski definition) is 3. The highest BCUT2D eigenvalue weighted by molar-refractivity contribution is 5.60. The molecule has 0 aromatic carbocycles. The zero-order valence-electron chi connectivity index (χ0n) is 14.3. The van der Waals surface area contributed by atoms with Crippen molar-refractivity contribution in [3.05, 3.63) is 0 Å². The lowest BCUT2D eigenvalue weighted by molar-refractivity contribution is 0.00847. The first kappa shape index (κ1) is 19.8. The fourth-order valence-electron chi connectivity index (χ4n) is 2.14. The molecule has 0 radical (unpaired) electrons. The van der Waals surface area contributed by atoms with Crippen LogP contribution in [0.3, 0.4) is 0 Å². The van der Waals surface area contributed by atoms with Crippen molar-refractivity contribution < 1.29 is 14.3 Å². The van der Waals surface area contributed by atoms with Gasteiger partial charge in [0.25, 0.3) is 0 Å². The third kappa shape index (κ3) is 11.2. The summed E-state index contributed by atoms with van der Waals surface area (Å²) in [5, 5.41) is 0. The van der Waals surface area contributed by atoms with Gasteiger partial charge in [-0.3, -0.25) is 0 Å². The normalized spacial score (nSPS) is 13.0. The van der Waals surface area contributed by atoms with E-state index < -0.39 is 11.8 Å². The van der Waals surface area contributed by atoms with Gasteiger partial charge in [0.1, 0.15) is 0 Å². The summed E-state index contributed by atoms with van der Waals surface area (Å²) >= 11 is 0. The van der Waals surface area contributed by atoms with Crippen LogP contribution in [0.2, 0.25) is 0 Å². The van der Waals surface area contributed by atoms with Crippen LogP contribution >= 0.6 is 0 Å². The molecule has 0 rings (SSSR count). The summed E-state index contributed by atoms with van der Waals surface area (Å²) in [6.07, 6.45) is 10.4. The molecule has 0 saturated carbocycles. The predicted octanol–water partition coefficient (Wildman–Crippen LogP) is 5.47. The van der Waals surface area contributed by atoms with E-state index in [0.717, 1.165) is 32.1 Å². The maximum atomic E-state index is 11.4. The Morgan fingerprint density at radius 1 is 1.00 bits per heavy atom. The van der Waals surface area contributed by atoms with Crippen LogP contribution in [-0.2, 0) is 9.47 Å². The van der Waals surface area contributed by atoms with Crippen LogP contribution in [0.1, 0.15) is 85.0 Å². The molecule has 21 heavy (non-hydrogen) atoms. The molecule has 0 aliphatic rings. The van der Waals surface area contributed by atoms with Crippen LogP contribution in [0.15, 0.2) is 0 Å². The van der Waals surface area contributed by atoms with Crippen molar-refractivity contribution in [3.63, 3.8) is 0 Å². The van der Waals surface area contributed by atoms with Crippen molar-refractivity contribution in [2.24, 2.45) is 0 Å². The minimum atomic E-state index is -0.717. The number of carbonyl (C=O) groups excluding carboxylic acids is 1. The van der Waals surface area contributed by atoms with Crippen molar-refractivity contribution in [3.8, 4) is 11.8 Å². The lowest BCUT2D eigenvalue weighted by Crippen LogP contribution is -2.30. The van der Waals surface area contributed by atoms with Crippen LogP contribution in [0, 0.1) is 11.8 Å². The molecule has 122 valence electrons. The Balaban J connectivity index is 4.35. The highest BCUT2D eigenvalue weighted by atomic mass is 16.7. The van der Waals surface area contributed by atoms with E-state index in [2.05, 4.69) is 30.4 Å². The SMILES string of the molecule is CCCCCCC#CC(C)(CCCCCC)OC(=O)OC. The number of ether oxygens (including phenoxy) is 2. The number of methoxy groups -OCH3 is 1. The molecule has 0 heterocycles. The first-order chi connectivity index (χ1) is 10.1. The highest BCUT2D eigenvalue weighted by Crippen LogP contribution is 2.20. The maximum Gasteiger partial charge on any atom is 0.509 e. The highest BCUT2D eigenvalue weighted by Gasteiger charge is 2.26. The molecule has 0 amide bonds. The molecule has 0 N–H and O–H groups in total. The Bertz CT molecular complexity index is 327. The Kier molecular flexibility index (Phi) is 11.9. The molecule has 3 heteroatoms. The Labute approximate surface area is 130 Å². The summed E-state index contributed by atoms with van der Waals surface area (Å²) in [7, 11) is 1.33. The molecule has 0 spiro atoms. The fraction of sp³-hybridized carbons (Fsp3) is 0.833. The average molecular weight is 296 g/mol. The molecule has 3 nitrogen and oxygen atoms in total. The second kappa shape index (κ2) is 12.6. The van der Waals surface area contributed by atoms with Gasteiger partial charge in [-0.2, -0.15) is 0 Å². The van der Waals surface area contributed by atoms with Crippen molar-refractivity contribution in [1.29, 1.82) is 0 Å². The van der Waals surface area contributed by atoms with Gasteiger partial charge in [0.2, 0.25) is 0 Å². The van der Waals surface area contributed by atoms with Crippen LogP contribution in [0.5, 0.6) is 0 Å². The summed E-state index contributed by atoms with van der Waals surface area (Å²) < 4.78 is 9.96. The molecule has 0 aliphatic heterocycles. The first-order valence-corrected chi connectivity index (χ1v) is 8.35. The molecule has 0 aliphatic carbocycles. The summed E-state index contributed by atoms with van der Waals surface area (Å²) in [6.45, 7) is 6.26. The van der Waals surface area contributed by atoms with Gasteiger partial charge in [-0.05, 0) is 26.2 Å². The Hall–Kier alpha value is -1.17. The van der Waals surface area contributed by atoms with E-state index in [4.69, 9.17) is 4.74 Å². The third-order valence-corrected chi connectivity index (χ3v) is 3.49. The zero-order valence-corrected chi connectivity index (χ0v) is 14.3. The molecular formula is C18H32O3. The minimum absolute atomic E-state index is 0.645. The van der Waals surface area contributed by atoms with E-state index in [9.17, 15) is 4.79 Å². The molecule has 0 bridgehead atoms. The largest absolute Gasteiger partial charge is 0.509 e. The van der Waals surface area contributed by atoms with Crippen molar-refractivity contribution in [1.82, 2.24) is 0 Å². The van der Waals surface area contributed by atoms with E-state index in [1.165, 1.54) is 39.2 Å². The third-order valence-electron chi connectivity index (χ3n) is 3.49. The van der Waals surface area contributed by atoms with Crippen molar-refractivity contribution in [2.45, 2.75) is 90.6 Å². The molecule has 1 atom stereocenters. The number of rotatable bonds is 10. The first-order valence-electron chi connectivity index (χ1n) is 8.35. The Morgan fingerprint density at radius 3 is 2.19 bits per heavy atom. The second-order valence-electron chi connectivity index (χ2n) is 5.71.